The third kappa shape index (κ3) is 3.17. The van der Waals surface area contributed by atoms with Crippen LogP contribution in [-0.4, -0.2) is 21.7 Å². The van der Waals surface area contributed by atoms with Gasteiger partial charge in [-0.2, -0.15) is 23.3 Å². The second-order valence-electron chi connectivity index (χ2n) is 5.87. The molecule has 0 radical (unpaired) electrons. The summed E-state index contributed by atoms with van der Waals surface area (Å²) in [5.74, 6) is 0.741. The van der Waals surface area contributed by atoms with Crippen molar-refractivity contribution in [2.75, 3.05) is 16.8 Å². The van der Waals surface area contributed by atoms with Crippen LogP contribution in [0.15, 0.2) is 54.7 Å². The van der Waals surface area contributed by atoms with Gasteiger partial charge in [0, 0.05) is 17.9 Å². The van der Waals surface area contributed by atoms with Crippen LogP contribution < -0.4 is 10.2 Å². The molecule has 8 heteroatoms. The molecule has 0 atom stereocenters. The summed E-state index contributed by atoms with van der Waals surface area (Å²) in [5.41, 5.74) is 1.79. The zero-order valence-electron chi connectivity index (χ0n) is 13.5. The van der Waals surface area contributed by atoms with E-state index in [0.717, 1.165) is 30.8 Å². The van der Waals surface area contributed by atoms with Gasteiger partial charge in [0.05, 0.1) is 11.8 Å². The Bertz CT molecular complexity index is 942. The number of nitrogens with zero attached hydrogens (tertiary/aromatic N) is 4. The zero-order chi connectivity index (χ0) is 18.1. The summed E-state index contributed by atoms with van der Waals surface area (Å²) in [6.07, 6.45) is -1.96. The van der Waals surface area contributed by atoms with Crippen LogP contribution in [0.3, 0.4) is 0 Å². The smallest absolute Gasteiger partial charge is 0.324 e. The minimum absolute atomic E-state index is 0.145. The number of benzene rings is 2. The van der Waals surface area contributed by atoms with Gasteiger partial charge in [-0.3, -0.25) is 0 Å². The van der Waals surface area contributed by atoms with Crippen LogP contribution in [-0.2, 0) is 12.6 Å². The first kappa shape index (κ1) is 16.3. The van der Waals surface area contributed by atoms with E-state index in [9.17, 15) is 13.2 Å². The first-order chi connectivity index (χ1) is 12.5. The normalized spacial score (nSPS) is 13.6. The minimum atomic E-state index is -4.40. The van der Waals surface area contributed by atoms with Crippen LogP contribution in [0.1, 0.15) is 11.1 Å². The van der Waals surface area contributed by atoms with Gasteiger partial charge in [-0.15, -0.1) is 5.10 Å². The van der Waals surface area contributed by atoms with E-state index in [0.29, 0.717) is 5.82 Å². The molecule has 0 aliphatic carbocycles. The maximum absolute atomic E-state index is 12.8. The Kier molecular flexibility index (Phi) is 3.95. The van der Waals surface area contributed by atoms with Crippen LogP contribution in [0, 0.1) is 0 Å². The number of fused-ring (bicyclic) bond motifs is 1. The lowest BCUT2D eigenvalue weighted by Crippen LogP contribution is -2.16. The fourth-order valence-electron chi connectivity index (χ4n) is 2.96. The van der Waals surface area contributed by atoms with Crippen molar-refractivity contribution in [3.63, 3.8) is 0 Å². The fraction of sp³-hybridized carbons (Fsp3) is 0.167. The van der Waals surface area contributed by atoms with Crippen LogP contribution >= 0.6 is 0 Å². The zero-order valence-corrected chi connectivity index (χ0v) is 13.5. The molecule has 132 valence electrons. The molecule has 0 saturated carbocycles. The molecule has 4 rings (SSSR count). The van der Waals surface area contributed by atoms with E-state index >= 15 is 0 Å². The monoisotopic (exact) mass is 357 g/mol. The first-order valence-corrected chi connectivity index (χ1v) is 8.00. The minimum Gasteiger partial charge on any atom is -0.324 e. The predicted octanol–water partition coefficient (Wildman–Crippen LogP) is 4.33. The van der Waals surface area contributed by atoms with Gasteiger partial charge in [-0.25, -0.2) is 0 Å². The van der Waals surface area contributed by atoms with Crippen LogP contribution in [0.2, 0.25) is 0 Å². The van der Waals surface area contributed by atoms with Crippen molar-refractivity contribution in [1.82, 2.24) is 15.2 Å². The second-order valence-corrected chi connectivity index (χ2v) is 5.87. The van der Waals surface area contributed by atoms with Crippen LogP contribution in [0.5, 0.6) is 0 Å². The average molecular weight is 357 g/mol. The highest BCUT2D eigenvalue weighted by Gasteiger charge is 2.30. The topological polar surface area (TPSA) is 53.9 Å². The molecule has 2 heterocycles. The van der Waals surface area contributed by atoms with Gasteiger partial charge in [-0.05, 0) is 36.2 Å². The molecule has 0 amide bonds. The number of para-hydroxylation sites is 1. The molecular formula is C18H14F3N5. The van der Waals surface area contributed by atoms with Crippen molar-refractivity contribution in [3.05, 3.63) is 65.9 Å². The molecule has 3 aromatic rings. The predicted molar refractivity (Wildman–Crippen MR) is 91.7 cm³/mol. The molecule has 0 saturated heterocycles. The Balaban J connectivity index is 1.60. The SMILES string of the molecule is FC(F)(F)c1cccc(Nc2nncc(N3CCc4ccccc43)n2)c1. The summed E-state index contributed by atoms with van der Waals surface area (Å²) in [4.78, 5) is 6.42. The van der Waals surface area contributed by atoms with E-state index in [1.165, 1.54) is 17.7 Å². The number of alkyl halides is 3. The Morgan fingerprint density at radius 2 is 1.88 bits per heavy atom. The highest BCUT2D eigenvalue weighted by Crippen LogP contribution is 2.34. The lowest BCUT2D eigenvalue weighted by Gasteiger charge is -2.18. The number of hydrogen-bond donors (Lipinski definition) is 1. The molecular weight excluding hydrogens is 343 g/mol. The van der Waals surface area contributed by atoms with Gasteiger partial charge in [0.15, 0.2) is 5.82 Å². The fourth-order valence-corrected chi connectivity index (χ4v) is 2.96. The molecule has 1 aliphatic heterocycles. The second kappa shape index (κ2) is 6.29. The molecule has 0 spiro atoms. The summed E-state index contributed by atoms with van der Waals surface area (Å²) in [7, 11) is 0. The number of hydrogen-bond acceptors (Lipinski definition) is 5. The van der Waals surface area contributed by atoms with Crippen LogP contribution in [0.4, 0.5) is 36.3 Å². The molecule has 1 N–H and O–H groups in total. The summed E-state index contributed by atoms with van der Waals surface area (Å²) in [5, 5.41) is 10.6. The van der Waals surface area contributed by atoms with Crippen molar-refractivity contribution in [3.8, 4) is 0 Å². The van der Waals surface area contributed by atoms with Crippen LogP contribution in [0.25, 0.3) is 0 Å². The van der Waals surface area contributed by atoms with Gasteiger partial charge < -0.3 is 10.2 Å². The van der Waals surface area contributed by atoms with Crippen molar-refractivity contribution in [2.24, 2.45) is 0 Å². The van der Waals surface area contributed by atoms with E-state index in [4.69, 9.17) is 0 Å². The molecule has 0 unspecified atom stereocenters. The van der Waals surface area contributed by atoms with E-state index in [1.54, 1.807) is 6.20 Å². The Morgan fingerprint density at radius 3 is 2.73 bits per heavy atom. The highest BCUT2D eigenvalue weighted by atomic mass is 19.4. The number of rotatable bonds is 3. The summed E-state index contributed by atoms with van der Waals surface area (Å²) >= 11 is 0. The van der Waals surface area contributed by atoms with E-state index in [1.807, 2.05) is 23.1 Å². The molecule has 0 bridgehead atoms. The Morgan fingerprint density at radius 1 is 1.04 bits per heavy atom. The van der Waals surface area contributed by atoms with Gasteiger partial charge in [-0.1, -0.05) is 24.3 Å². The lowest BCUT2D eigenvalue weighted by atomic mass is 10.2. The number of halogens is 3. The van der Waals surface area contributed by atoms with Gasteiger partial charge in [0.2, 0.25) is 5.95 Å². The molecule has 2 aromatic carbocycles. The Hall–Kier alpha value is -3.16. The van der Waals surface area contributed by atoms with Crippen molar-refractivity contribution in [1.29, 1.82) is 0 Å². The first-order valence-electron chi connectivity index (χ1n) is 8.00. The number of nitrogens with one attached hydrogen (secondary N) is 1. The van der Waals surface area contributed by atoms with Gasteiger partial charge in [0.25, 0.3) is 0 Å². The van der Waals surface area contributed by atoms with Gasteiger partial charge in [0.1, 0.15) is 0 Å². The van der Waals surface area contributed by atoms with Gasteiger partial charge >= 0.3 is 6.18 Å². The lowest BCUT2D eigenvalue weighted by molar-refractivity contribution is -0.137. The third-order valence-electron chi connectivity index (χ3n) is 4.16. The largest absolute Gasteiger partial charge is 0.416 e. The molecule has 0 fully saturated rings. The maximum atomic E-state index is 12.8. The molecule has 1 aliphatic rings. The van der Waals surface area contributed by atoms with E-state index in [2.05, 4.69) is 26.6 Å². The summed E-state index contributed by atoms with van der Waals surface area (Å²) in [6.45, 7) is 0.765. The molecule has 1 aromatic heterocycles. The van der Waals surface area contributed by atoms with E-state index in [-0.39, 0.29) is 11.6 Å². The van der Waals surface area contributed by atoms with Crippen molar-refractivity contribution < 1.29 is 13.2 Å². The molecule has 5 nitrogen and oxygen atoms in total. The summed E-state index contributed by atoms with van der Waals surface area (Å²) < 4.78 is 38.5. The standard InChI is InChI=1S/C18H14F3N5/c19-18(20,21)13-5-3-6-14(10-13)23-17-24-16(11-22-25-17)26-9-8-12-4-1-2-7-15(12)26/h1-7,10-11H,8-9H2,(H,23,24,25). The molecule has 26 heavy (non-hydrogen) atoms. The van der Waals surface area contributed by atoms with Crippen molar-refractivity contribution >= 4 is 23.1 Å². The maximum Gasteiger partial charge on any atom is 0.416 e. The summed E-state index contributed by atoms with van der Waals surface area (Å²) in [6, 6.07) is 12.9. The van der Waals surface area contributed by atoms with Crippen molar-refractivity contribution in [2.45, 2.75) is 12.6 Å². The number of anilines is 4. The quantitative estimate of drug-likeness (QED) is 0.756. The van der Waals surface area contributed by atoms with E-state index < -0.39 is 11.7 Å². The highest BCUT2D eigenvalue weighted by molar-refractivity contribution is 5.67. The number of aromatic nitrogens is 3. The Labute approximate surface area is 147 Å². The average Bonchev–Trinajstić information content (AvgIpc) is 3.06. The third-order valence-corrected chi connectivity index (χ3v) is 4.16.